The summed E-state index contributed by atoms with van der Waals surface area (Å²) in [7, 11) is -8.98. The zero-order valence-corrected chi connectivity index (χ0v) is 27.1. The third-order valence-electron chi connectivity index (χ3n) is 4.57. The van der Waals surface area contributed by atoms with Crippen LogP contribution in [0.1, 0.15) is 6.92 Å². The van der Waals surface area contributed by atoms with Gasteiger partial charge in [-0.1, -0.05) is 6.07 Å². The van der Waals surface area contributed by atoms with Crippen LogP contribution in [0.2, 0.25) is 0 Å². The number of amides is 1. The van der Waals surface area contributed by atoms with E-state index < -0.39 is 32.6 Å². The summed E-state index contributed by atoms with van der Waals surface area (Å²) >= 11 is 0.467. The maximum absolute atomic E-state index is 12.3. The molecule has 0 radical (unpaired) electrons. The monoisotopic (exact) mass is 617 g/mol. The molecule has 0 atom stereocenters. The first-order chi connectivity index (χ1) is 17.4. The van der Waals surface area contributed by atoms with Crippen LogP contribution in [0.5, 0.6) is 5.75 Å². The largest absolute Gasteiger partial charge is 1.00 e. The van der Waals surface area contributed by atoms with Crippen LogP contribution in [-0.2, 0) is 38.6 Å². The zero-order valence-electron chi connectivity index (χ0n) is 20.7. The second-order valence-electron chi connectivity index (χ2n) is 7.15. The number of sulfone groups is 1. The van der Waals surface area contributed by atoms with E-state index in [1.54, 1.807) is 12.1 Å². The van der Waals surface area contributed by atoms with Crippen LogP contribution in [0.25, 0.3) is 10.8 Å². The van der Waals surface area contributed by atoms with Crippen molar-refractivity contribution in [2.45, 2.75) is 16.7 Å². The summed E-state index contributed by atoms with van der Waals surface area (Å²) in [6, 6.07) is 11.2. The first-order valence-electron chi connectivity index (χ1n) is 9.95. The topological polar surface area (TPSA) is 216 Å². The Hall–Kier alpha value is -1.16. The van der Waals surface area contributed by atoms with E-state index in [0.29, 0.717) is 28.5 Å². The summed E-state index contributed by atoms with van der Waals surface area (Å²) in [6.45, 7) is 0.487. The molecule has 0 unspecified atom stereocenters. The summed E-state index contributed by atoms with van der Waals surface area (Å²) in [5.41, 5.74) is 0.468. The fraction of sp³-hybridized carbons (Fsp3) is 0.150. The summed E-state index contributed by atoms with van der Waals surface area (Å²) in [5.74, 6) is -1.42. The Bertz CT molecular complexity index is 1550. The van der Waals surface area contributed by atoms with E-state index in [-0.39, 0.29) is 91.9 Å². The molecule has 0 heterocycles. The van der Waals surface area contributed by atoms with Crippen molar-refractivity contribution >= 4 is 66.0 Å². The Balaban J connectivity index is 0.00000380. The van der Waals surface area contributed by atoms with Gasteiger partial charge in [-0.2, -0.15) is 9.45 Å². The van der Waals surface area contributed by atoms with Crippen LogP contribution in [-0.4, -0.2) is 44.8 Å². The Labute approximate surface area is 271 Å². The number of carbonyl (C=O) groups is 1. The van der Waals surface area contributed by atoms with Gasteiger partial charge in [0.1, 0.15) is 5.69 Å². The number of nitrogens with zero attached hydrogens (tertiary/aromatic N) is 2. The Morgan fingerprint density at radius 1 is 1.05 bits per heavy atom. The normalized spacial score (nSPS) is 11.7. The van der Waals surface area contributed by atoms with Gasteiger partial charge in [-0.05, 0) is 47.9 Å². The van der Waals surface area contributed by atoms with Gasteiger partial charge in [-0.25, -0.2) is 16.8 Å². The molecular weight excluding hydrogens is 600 g/mol. The van der Waals surface area contributed by atoms with Crippen molar-refractivity contribution in [1.82, 2.24) is 0 Å². The van der Waals surface area contributed by atoms with E-state index in [1.807, 2.05) is 0 Å². The van der Waals surface area contributed by atoms with E-state index >= 15 is 0 Å². The van der Waals surface area contributed by atoms with Gasteiger partial charge in [0.2, 0.25) is 16.3 Å². The number of carbonyl (C=O) groups excluding carboxylic acids is 1. The number of phenols is 1. The molecule has 0 aliphatic rings. The number of nitrogens with one attached hydrogen (secondary N) is 1. The van der Waals surface area contributed by atoms with Gasteiger partial charge in [0, 0.05) is 18.0 Å². The Morgan fingerprint density at radius 2 is 1.72 bits per heavy atom. The van der Waals surface area contributed by atoms with Gasteiger partial charge >= 0.3 is 59.1 Å². The van der Waals surface area contributed by atoms with Crippen molar-refractivity contribution in [3.63, 3.8) is 0 Å². The van der Waals surface area contributed by atoms with Crippen LogP contribution in [0.4, 0.5) is 17.1 Å². The predicted molar refractivity (Wildman–Crippen MR) is 126 cm³/mol. The third kappa shape index (κ3) is 10.6. The molecule has 3 aromatic rings. The molecule has 0 fully saturated rings. The molecule has 0 aliphatic heterocycles. The zero-order chi connectivity index (χ0) is 27.2. The molecule has 0 saturated carbocycles. The van der Waals surface area contributed by atoms with Crippen molar-refractivity contribution in [3.05, 3.63) is 48.5 Å². The van der Waals surface area contributed by atoms with Crippen LogP contribution >= 0.6 is 12.0 Å². The average Bonchev–Trinajstić information content (AvgIpc) is 2.81. The summed E-state index contributed by atoms with van der Waals surface area (Å²) < 4.78 is 64.2. The molecule has 0 bridgehead atoms. The van der Waals surface area contributed by atoms with Crippen LogP contribution in [0.3, 0.4) is 0 Å². The second-order valence-corrected chi connectivity index (χ2v) is 11.1. The number of rotatable bonds is 11. The minimum Gasteiger partial charge on any atom is -0.726 e. The molecule has 198 valence electrons. The van der Waals surface area contributed by atoms with Gasteiger partial charge in [0.15, 0.2) is 15.6 Å². The van der Waals surface area contributed by atoms with Gasteiger partial charge in [-0.15, -0.1) is 5.11 Å². The minimum absolute atomic E-state index is 0. The Kier molecular flexibility index (Phi) is 14.5. The maximum atomic E-state index is 12.3. The number of hydrogen-bond acceptors (Lipinski definition) is 14. The SMILES string of the molecule is CC(=O)Nc1ccc2cc(SOO[O-])c(N=Nc3ccc(S(=O)(=O)CCOS(=O)(=O)[O-])cc3)c(O)c2c1.[Na+].[Na+]. The smallest absolute Gasteiger partial charge is 0.726 e. The number of fused-ring (bicyclic) bond motifs is 1. The van der Waals surface area contributed by atoms with E-state index in [9.17, 15) is 36.5 Å². The number of azo groups is 1. The third-order valence-corrected chi connectivity index (χ3v) is 7.33. The van der Waals surface area contributed by atoms with Crippen molar-refractivity contribution in [2.75, 3.05) is 17.7 Å². The standard InChI is InChI=1S/C20H19N3O11S3.2Na/c1-12(24)21-15-3-2-13-10-18(35-34-33-26)19(20(25)17(13)11-15)23-22-14-4-6-16(7-5-14)36(27,28)9-8-32-37(29,30)31;;/h2-7,10-11,25-26H,8-9H2,1H3,(H,21,24)(H,29,30,31);;/q;2*+1/p-2. The number of anilines is 1. The van der Waals surface area contributed by atoms with Crippen LogP contribution in [0.15, 0.2) is 68.6 Å². The molecular formula is C20H17N3Na2O11S3. The van der Waals surface area contributed by atoms with E-state index in [2.05, 4.69) is 29.1 Å². The fourth-order valence-electron chi connectivity index (χ4n) is 3.02. The molecule has 2 N–H and O–H groups in total. The number of aromatic hydroxyl groups is 1. The molecule has 1 amide bonds. The van der Waals surface area contributed by atoms with Gasteiger partial charge in [0.25, 0.3) is 0 Å². The van der Waals surface area contributed by atoms with Gasteiger partial charge in [-0.3, -0.25) is 14.0 Å². The minimum atomic E-state index is -5.02. The molecule has 3 aromatic carbocycles. The number of phenolic OH excluding ortho intramolecular Hbond substituents is 1. The van der Waals surface area contributed by atoms with Crippen molar-refractivity contribution in [2.24, 2.45) is 10.2 Å². The van der Waals surface area contributed by atoms with Gasteiger partial charge < -0.3 is 20.2 Å². The van der Waals surface area contributed by atoms with Crippen LogP contribution < -0.4 is 69.7 Å². The number of benzene rings is 3. The maximum Gasteiger partial charge on any atom is 1.00 e. The van der Waals surface area contributed by atoms with E-state index in [1.165, 1.54) is 43.3 Å². The second kappa shape index (κ2) is 15.7. The molecule has 19 heteroatoms. The van der Waals surface area contributed by atoms with Crippen molar-refractivity contribution in [1.29, 1.82) is 0 Å². The van der Waals surface area contributed by atoms with Crippen LogP contribution in [0, 0.1) is 0 Å². The molecule has 39 heavy (non-hydrogen) atoms. The van der Waals surface area contributed by atoms with Crippen molar-refractivity contribution in [3.8, 4) is 5.75 Å². The van der Waals surface area contributed by atoms with E-state index in [4.69, 9.17) is 0 Å². The quantitative estimate of drug-likeness (QED) is 0.0406. The summed E-state index contributed by atoms with van der Waals surface area (Å²) in [4.78, 5) is 11.3. The summed E-state index contributed by atoms with van der Waals surface area (Å²) in [5, 5.41) is 35.9. The molecule has 3 rings (SSSR count). The first-order valence-corrected chi connectivity index (χ1v) is 13.7. The summed E-state index contributed by atoms with van der Waals surface area (Å²) in [6.07, 6.45) is 0. The molecule has 0 aromatic heterocycles. The van der Waals surface area contributed by atoms with Crippen molar-refractivity contribution < 1.29 is 109 Å². The predicted octanol–water partition coefficient (Wildman–Crippen LogP) is -3.59. The molecule has 14 nitrogen and oxygen atoms in total. The average molecular weight is 618 g/mol. The molecule has 0 spiro atoms. The molecule has 0 aliphatic carbocycles. The van der Waals surface area contributed by atoms with E-state index in [0.717, 1.165) is 0 Å². The first kappa shape index (κ1) is 35.9. The number of hydrogen-bond donors (Lipinski definition) is 2. The molecule has 0 saturated heterocycles. The fourth-order valence-corrected chi connectivity index (χ4v) is 5.00. The Morgan fingerprint density at radius 3 is 2.31 bits per heavy atom. The van der Waals surface area contributed by atoms with Gasteiger partial charge in [0.05, 0.1) is 39.9 Å².